The second-order valence-electron chi connectivity index (χ2n) is 4.88. The Balaban J connectivity index is 2.01. The molecule has 1 rings (SSSR count). The number of urea groups is 1. The van der Waals surface area contributed by atoms with Crippen LogP contribution in [0.15, 0.2) is 0 Å². The molecule has 1 saturated heterocycles. The van der Waals surface area contributed by atoms with E-state index in [0.29, 0.717) is 6.54 Å². The fourth-order valence-electron chi connectivity index (χ4n) is 2.15. The Hall–Kier alpha value is -0.710. The second-order valence-corrected chi connectivity index (χ2v) is 5.33. The zero-order valence-electron chi connectivity index (χ0n) is 11.2. The number of hydrogen-bond donors (Lipinski definition) is 1. The lowest BCUT2D eigenvalue weighted by Gasteiger charge is -2.13. The predicted octanol–water partition coefficient (Wildman–Crippen LogP) is 2.54. The van der Waals surface area contributed by atoms with Crippen molar-refractivity contribution in [3.63, 3.8) is 0 Å². The van der Waals surface area contributed by atoms with E-state index < -0.39 is 0 Å². The smallest absolute Gasteiger partial charge is 0.318 e. The molecule has 1 fully saturated rings. The average Bonchev–Trinajstić information content (AvgIpc) is 2.58. The minimum Gasteiger partial charge on any atom is -0.318 e. The molecule has 104 valence electrons. The summed E-state index contributed by atoms with van der Waals surface area (Å²) < 4.78 is 0. The Morgan fingerprint density at radius 2 is 1.56 bits per heavy atom. The molecule has 0 aromatic heterocycles. The number of carbonyl (C=O) groups is 2. The predicted molar refractivity (Wildman–Crippen MR) is 75.9 cm³/mol. The molecule has 0 radical (unpaired) electrons. The van der Waals surface area contributed by atoms with E-state index in [1.54, 1.807) is 7.05 Å². The first kappa shape index (κ1) is 15.3. The van der Waals surface area contributed by atoms with Crippen molar-refractivity contribution < 1.29 is 9.59 Å². The minimum atomic E-state index is -0.145. The fraction of sp³-hybridized carbons (Fsp3) is 0.846. The van der Waals surface area contributed by atoms with Crippen LogP contribution in [0, 0.1) is 0 Å². The van der Waals surface area contributed by atoms with Crippen molar-refractivity contribution in [3.8, 4) is 0 Å². The Labute approximate surface area is 115 Å². The summed E-state index contributed by atoms with van der Waals surface area (Å²) in [7, 11) is 1.67. The zero-order valence-corrected chi connectivity index (χ0v) is 12.1. The molecule has 0 aromatic carbocycles. The van der Waals surface area contributed by atoms with E-state index in [1.807, 2.05) is 0 Å². The van der Waals surface area contributed by atoms with Crippen LogP contribution < -0.4 is 0 Å². The van der Waals surface area contributed by atoms with Crippen LogP contribution in [-0.2, 0) is 4.79 Å². The molecule has 18 heavy (non-hydrogen) atoms. The van der Waals surface area contributed by atoms with Gasteiger partial charge in [-0.1, -0.05) is 32.1 Å². The topological polar surface area (TPSA) is 40.6 Å². The molecule has 0 aliphatic carbocycles. The van der Waals surface area contributed by atoms with Crippen molar-refractivity contribution in [1.82, 2.24) is 9.80 Å². The van der Waals surface area contributed by atoms with E-state index in [-0.39, 0.29) is 18.5 Å². The highest BCUT2D eigenvalue weighted by atomic mass is 32.1. The summed E-state index contributed by atoms with van der Waals surface area (Å²) in [5.41, 5.74) is 0. The number of imide groups is 1. The van der Waals surface area contributed by atoms with Crippen LogP contribution in [0.1, 0.15) is 44.9 Å². The fourth-order valence-corrected chi connectivity index (χ4v) is 2.38. The van der Waals surface area contributed by atoms with E-state index in [9.17, 15) is 9.59 Å². The van der Waals surface area contributed by atoms with Crippen molar-refractivity contribution in [2.45, 2.75) is 44.9 Å². The van der Waals surface area contributed by atoms with E-state index in [0.717, 1.165) is 18.6 Å². The highest BCUT2D eigenvalue weighted by molar-refractivity contribution is 7.80. The lowest BCUT2D eigenvalue weighted by molar-refractivity contribution is -0.125. The van der Waals surface area contributed by atoms with Crippen LogP contribution >= 0.6 is 12.6 Å². The SMILES string of the molecule is CN1CC(=O)N(CCCCCCCCCS)C1=O. The average molecular weight is 272 g/mol. The minimum absolute atomic E-state index is 0.0590. The van der Waals surface area contributed by atoms with Gasteiger partial charge in [-0.3, -0.25) is 9.69 Å². The third kappa shape index (κ3) is 4.88. The van der Waals surface area contributed by atoms with Gasteiger partial charge in [0, 0.05) is 13.6 Å². The molecular weight excluding hydrogens is 248 g/mol. The Morgan fingerprint density at radius 3 is 2.06 bits per heavy atom. The van der Waals surface area contributed by atoms with Gasteiger partial charge < -0.3 is 4.90 Å². The second kappa shape index (κ2) is 8.40. The summed E-state index contributed by atoms with van der Waals surface area (Å²) in [4.78, 5) is 25.9. The van der Waals surface area contributed by atoms with Crippen LogP contribution in [0.5, 0.6) is 0 Å². The number of hydrogen-bond acceptors (Lipinski definition) is 3. The van der Waals surface area contributed by atoms with Gasteiger partial charge in [-0.15, -0.1) is 0 Å². The number of unbranched alkanes of at least 4 members (excludes halogenated alkanes) is 6. The van der Waals surface area contributed by atoms with Crippen LogP contribution in [0.3, 0.4) is 0 Å². The van der Waals surface area contributed by atoms with Gasteiger partial charge in [0.15, 0.2) is 0 Å². The Morgan fingerprint density at radius 1 is 1.00 bits per heavy atom. The monoisotopic (exact) mass is 272 g/mol. The molecule has 0 spiro atoms. The first-order valence-electron chi connectivity index (χ1n) is 6.83. The molecule has 1 aliphatic heterocycles. The molecule has 0 unspecified atom stereocenters. The highest BCUT2D eigenvalue weighted by Crippen LogP contribution is 2.12. The zero-order chi connectivity index (χ0) is 13.4. The summed E-state index contributed by atoms with van der Waals surface area (Å²) in [5.74, 6) is 0.920. The summed E-state index contributed by atoms with van der Waals surface area (Å²) in [5, 5.41) is 0. The van der Waals surface area contributed by atoms with Crippen LogP contribution in [-0.4, -0.2) is 47.6 Å². The molecule has 0 atom stereocenters. The molecular formula is C13H24N2O2S. The maximum absolute atomic E-state index is 11.6. The Kier molecular flexibility index (Phi) is 7.16. The van der Waals surface area contributed by atoms with E-state index in [1.165, 1.54) is 41.9 Å². The van der Waals surface area contributed by atoms with Gasteiger partial charge in [-0.05, 0) is 18.6 Å². The third-order valence-electron chi connectivity index (χ3n) is 3.27. The normalized spacial score (nSPS) is 15.9. The number of nitrogens with zero attached hydrogens (tertiary/aromatic N) is 2. The van der Waals surface area contributed by atoms with E-state index in [2.05, 4.69) is 12.6 Å². The van der Waals surface area contributed by atoms with Crippen molar-refractivity contribution in [2.24, 2.45) is 0 Å². The molecule has 1 heterocycles. The quantitative estimate of drug-likeness (QED) is 0.398. The van der Waals surface area contributed by atoms with Crippen molar-refractivity contribution in [1.29, 1.82) is 0 Å². The van der Waals surface area contributed by atoms with Gasteiger partial charge in [0.1, 0.15) is 6.54 Å². The van der Waals surface area contributed by atoms with Gasteiger partial charge in [-0.25, -0.2) is 4.79 Å². The molecule has 0 saturated carbocycles. The maximum atomic E-state index is 11.6. The maximum Gasteiger partial charge on any atom is 0.326 e. The standard InChI is InChI=1S/C13H24N2O2S/c1-14-11-12(16)15(13(14)17)9-7-5-3-2-4-6-8-10-18/h18H,2-11H2,1H3. The van der Waals surface area contributed by atoms with Gasteiger partial charge in [-0.2, -0.15) is 12.6 Å². The summed E-state index contributed by atoms with van der Waals surface area (Å²) in [6.07, 6.45) is 8.20. The van der Waals surface area contributed by atoms with Crippen molar-refractivity contribution in [2.75, 3.05) is 25.9 Å². The number of rotatable bonds is 9. The van der Waals surface area contributed by atoms with Gasteiger partial charge >= 0.3 is 6.03 Å². The van der Waals surface area contributed by atoms with Crippen molar-refractivity contribution >= 4 is 24.6 Å². The highest BCUT2D eigenvalue weighted by Gasteiger charge is 2.32. The molecule has 3 amide bonds. The number of thiol groups is 1. The van der Waals surface area contributed by atoms with Crippen LogP contribution in [0.4, 0.5) is 4.79 Å². The van der Waals surface area contributed by atoms with Crippen LogP contribution in [0.2, 0.25) is 0 Å². The van der Waals surface area contributed by atoms with E-state index in [4.69, 9.17) is 0 Å². The lowest BCUT2D eigenvalue weighted by Crippen LogP contribution is -2.32. The summed E-state index contributed by atoms with van der Waals surface area (Å²) >= 11 is 4.18. The molecule has 0 aromatic rings. The van der Waals surface area contributed by atoms with E-state index >= 15 is 0 Å². The molecule has 4 nitrogen and oxygen atoms in total. The largest absolute Gasteiger partial charge is 0.326 e. The lowest BCUT2D eigenvalue weighted by atomic mass is 10.1. The van der Waals surface area contributed by atoms with Gasteiger partial charge in [0.25, 0.3) is 0 Å². The van der Waals surface area contributed by atoms with Crippen molar-refractivity contribution in [3.05, 3.63) is 0 Å². The first-order valence-corrected chi connectivity index (χ1v) is 7.46. The first-order chi connectivity index (χ1) is 8.66. The van der Waals surface area contributed by atoms with Crippen LogP contribution in [0.25, 0.3) is 0 Å². The molecule has 1 aliphatic rings. The number of likely N-dealkylation sites (N-methyl/N-ethyl adjacent to an activating group) is 1. The third-order valence-corrected chi connectivity index (χ3v) is 3.59. The number of amides is 3. The van der Waals surface area contributed by atoms with Gasteiger partial charge in [0.2, 0.25) is 5.91 Å². The van der Waals surface area contributed by atoms with Gasteiger partial charge in [0.05, 0.1) is 0 Å². The molecule has 0 N–H and O–H groups in total. The molecule has 5 heteroatoms. The summed E-state index contributed by atoms with van der Waals surface area (Å²) in [6.45, 7) is 0.821. The Bertz CT molecular complexity index is 284. The number of carbonyl (C=O) groups excluding carboxylic acids is 2. The summed E-state index contributed by atoms with van der Waals surface area (Å²) in [6, 6.07) is -0.145. The molecule has 0 bridgehead atoms.